The van der Waals surface area contributed by atoms with Crippen molar-refractivity contribution in [1.82, 2.24) is 0 Å². The summed E-state index contributed by atoms with van der Waals surface area (Å²) in [4.78, 5) is 4.30. The molecule has 1 heterocycles. The van der Waals surface area contributed by atoms with E-state index in [-0.39, 0.29) is 6.10 Å². The van der Waals surface area contributed by atoms with Crippen molar-refractivity contribution < 1.29 is 4.74 Å². The molecule has 0 bridgehead atoms. The van der Waals surface area contributed by atoms with Gasteiger partial charge in [0.25, 0.3) is 0 Å². The van der Waals surface area contributed by atoms with Crippen LogP contribution in [0.5, 0.6) is 0 Å². The van der Waals surface area contributed by atoms with Gasteiger partial charge in [-0.3, -0.25) is 0 Å². The lowest BCUT2D eigenvalue weighted by atomic mass is 10.2. The second-order valence-electron chi connectivity index (χ2n) is 3.08. The van der Waals surface area contributed by atoms with E-state index in [1.165, 1.54) is 0 Å². The Bertz CT molecular complexity index is 331. The van der Waals surface area contributed by atoms with Crippen molar-refractivity contribution >= 4 is 21.8 Å². The number of aliphatic imine (C=N–C) groups is 1. The third-order valence-electron chi connectivity index (χ3n) is 1.90. The van der Waals surface area contributed by atoms with Gasteiger partial charge in [-0.15, -0.1) is 0 Å². The van der Waals surface area contributed by atoms with Crippen LogP contribution >= 0.6 is 15.9 Å². The van der Waals surface area contributed by atoms with Crippen LogP contribution in [0.25, 0.3) is 0 Å². The normalized spacial score (nSPS) is 21.1. The van der Waals surface area contributed by atoms with E-state index in [4.69, 9.17) is 4.74 Å². The van der Waals surface area contributed by atoms with Crippen molar-refractivity contribution in [1.29, 1.82) is 0 Å². The zero-order chi connectivity index (χ0) is 9.26. The third kappa shape index (κ3) is 1.91. The minimum Gasteiger partial charge on any atom is -0.472 e. The number of hydrogen-bond acceptors (Lipinski definition) is 2. The second kappa shape index (κ2) is 3.50. The number of hydrogen-bond donors (Lipinski definition) is 0. The fourth-order valence-electron chi connectivity index (χ4n) is 1.23. The maximum absolute atomic E-state index is 5.52. The molecule has 1 unspecified atom stereocenters. The lowest BCUT2D eigenvalue weighted by Crippen LogP contribution is -2.08. The van der Waals surface area contributed by atoms with E-state index < -0.39 is 0 Å². The van der Waals surface area contributed by atoms with Crippen LogP contribution in [0.4, 0.5) is 0 Å². The smallest absolute Gasteiger partial charge is 0.216 e. The van der Waals surface area contributed by atoms with Gasteiger partial charge < -0.3 is 4.74 Å². The van der Waals surface area contributed by atoms with Crippen LogP contribution in [-0.4, -0.2) is 18.5 Å². The topological polar surface area (TPSA) is 21.6 Å². The first-order valence-electron chi connectivity index (χ1n) is 4.23. The molecule has 0 radical (unpaired) electrons. The lowest BCUT2D eigenvalue weighted by molar-refractivity contribution is 0.246. The van der Waals surface area contributed by atoms with Crippen molar-refractivity contribution in [3.63, 3.8) is 0 Å². The molecule has 68 valence electrons. The minimum atomic E-state index is 0.221. The highest BCUT2D eigenvalue weighted by molar-refractivity contribution is 9.10. The average molecular weight is 240 g/mol. The maximum Gasteiger partial charge on any atom is 0.216 e. The summed E-state index contributed by atoms with van der Waals surface area (Å²) in [5, 5.41) is 0. The summed E-state index contributed by atoms with van der Waals surface area (Å²) in [5.74, 6) is 0.764. The Kier molecular flexibility index (Phi) is 2.36. The Balaban J connectivity index is 2.22. The molecule has 0 N–H and O–H groups in total. The zero-order valence-corrected chi connectivity index (χ0v) is 8.91. The standard InChI is InChI=1S/C10H10BrNO/c1-7-6-12-10(13-7)8-2-4-9(11)5-3-8/h2-5,7H,6H2,1H3. The number of ether oxygens (including phenoxy) is 1. The van der Waals surface area contributed by atoms with Crippen molar-refractivity contribution in [2.45, 2.75) is 13.0 Å². The third-order valence-corrected chi connectivity index (χ3v) is 2.42. The van der Waals surface area contributed by atoms with E-state index in [2.05, 4.69) is 20.9 Å². The Morgan fingerprint density at radius 2 is 2.08 bits per heavy atom. The molecule has 1 aliphatic heterocycles. The first-order chi connectivity index (χ1) is 6.25. The monoisotopic (exact) mass is 239 g/mol. The number of nitrogens with zero attached hydrogens (tertiary/aromatic N) is 1. The van der Waals surface area contributed by atoms with E-state index in [9.17, 15) is 0 Å². The van der Waals surface area contributed by atoms with Gasteiger partial charge in [-0.2, -0.15) is 0 Å². The molecule has 13 heavy (non-hydrogen) atoms. The van der Waals surface area contributed by atoms with Gasteiger partial charge in [0.05, 0.1) is 6.54 Å². The van der Waals surface area contributed by atoms with E-state index in [1.807, 2.05) is 31.2 Å². The quantitative estimate of drug-likeness (QED) is 0.739. The van der Waals surface area contributed by atoms with Crippen LogP contribution in [0.2, 0.25) is 0 Å². The van der Waals surface area contributed by atoms with Crippen molar-refractivity contribution in [3.05, 3.63) is 34.3 Å². The molecule has 1 aliphatic rings. The van der Waals surface area contributed by atoms with Gasteiger partial charge in [0.2, 0.25) is 5.90 Å². The van der Waals surface area contributed by atoms with Crippen LogP contribution in [0.3, 0.4) is 0 Å². The molecule has 2 nitrogen and oxygen atoms in total. The molecule has 0 saturated carbocycles. The van der Waals surface area contributed by atoms with E-state index in [1.54, 1.807) is 0 Å². The summed E-state index contributed by atoms with van der Waals surface area (Å²) in [6.07, 6.45) is 0.221. The summed E-state index contributed by atoms with van der Waals surface area (Å²) >= 11 is 3.39. The van der Waals surface area contributed by atoms with E-state index >= 15 is 0 Å². The molecule has 0 amide bonds. The highest BCUT2D eigenvalue weighted by Gasteiger charge is 2.15. The lowest BCUT2D eigenvalue weighted by Gasteiger charge is -2.05. The molecule has 1 aromatic rings. The predicted molar refractivity (Wildman–Crippen MR) is 56.1 cm³/mol. The van der Waals surface area contributed by atoms with Crippen LogP contribution in [-0.2, 0) is 4.74 Å². The van der Waals surface area contributed by atoms with E-state index in [0.29, 0.717) is 0 Å². The molecule has 1 aromatic carbocycles. The molecular formula is C10H10BrNO. The van der Waals surface area contributed by atoms with Crippen LogP contribution in [0, 0.1) is 0 Å². The SMILES string of the molecule is CC1CN=C(c2ccc(Br)cc2)O1. The minimum absolute atomic E-state index is 0.221. The second-order valence-corrected chi connectivity index (χ2v) is 4.00. The fraction of sp³-hybridized carbons (Fsp3) is 0.300. The Morgan fingerprint density at radius 1 is 1.38 bits per heavy atom. The summed E-state index contributed by atoms with van der Waals surface area (Å²) in [6.45, 7) is 2.79. The fourth-order valence-corrected chi connectivity index (χ4v) is 1.49. The number of halogens is 1. The van der Waals surface area contributed by atoms with Crippen molar-refractivity contribution in [2.24, 2.45) is 4.99 Å². The van der Waals surface area contributed by atoms with E-state index in [0.717, 1.165) is 22.5 Å². The molecule has 0 fully saturated rings. The highest BCUT2D eigenvalue weighted by atomic mass is 79.9. The van der Waals surface area contributed by atoms with Crippen molar-refractivity contribution in [2.75, 3.05) is 6.54 Å². The average Bonchev–Trinajstić information content (AvgIpc) is 2.53. The number of benzene rings is 1. The maximum atomic E-state index is 5.52. The summed E-state index contributed by atoms with van der Waals surface area (Å²) in [7, 11) is 0. The first kappa shape index (κ1) is 8.75. The molecule has 1 atom stereocenters. The summed E-state index contributed by atoms with van der Waals surface area (Å²) in [6, 6.07) is 7.98. The van der Waals surface area contributed by atoms with Gasteiger partial charge in [-0.05, 0) is 31.2 Å². The van der Waals surface area contributed by atoms with Gasteiger partial charge in [0, 0.05) is 10.0 Å². The van der Waals surface area contributed by atoms with Crippen LogP contribution in [0.15, 0.2) is 33.7 Å². The Hall–Kier alpha value is -0.830. The molecular weight excluding hydrogens is 230 g/mol. The molecule has 0 aromatic heterocycles. The van der Waals surface area contributed by atoms with Gasteiger partial charge >= 0.3 is 0 Å². The van der Waals surface area contributed by atoms with Gasteiger partial charge in [0.15, 0.2) is 0 Å². The molecule has 0 spiro atoms. The highest BCUT2D eigenvalue weighted by Crippen LogP contribution is 2.15. The molecule has 0 aliphatic carbocycles. The Labute approximate surface area is 85.8 Å². The largest absolute Gasteiger partial charge is 0.472 e. The van der Waals surface area contributed by atoms with Gasteiger partial charge in [-0.25, -0.2) is 4.99 Å². The summed E-state index contributed by atoms with van der Waals surface area (Å²) < 4.78 is 6.59. The predicted octanol–water partition coefficient (Wildman–Crippen LogP) is 2.61. The molecule has 3 heteroatoms. The molecule has 0 saturated heterocycles. The van der Waals surface area contributed by atoms with Crippen LogP contribution in [0.1, 0.15) is 12.5 Å². The molecule has 2 rings (SSSR count). The first-order valence-corrected chi connectivity index (χ1v) is 5.02. The van der Waals surface area contributed by atoms with Crippen LogP contribution < -0.4 is 0 Å². The van der Waals surface area contributed by atoms with Crippen molar-refractivity contribution in [3.8, 4) is 0 Å². The Morgan fingerprint density at radius 3 is 2.62 bits per heavy atom. The van der Waals surface area contributed by atoms with Gasteiger partial charge in [0.1, 0.15) is 6.10 Å². The zero-order valence-electron chi connectivity index (χ0n) is 7.33. The van der Waals surface area contributed by atoms with Gasteiger partial charge in [-0.1, -0.05) is 15.9 Å². The number of rotatable bonds is 1. The summed E-state index contributed by atoms with van der Waals surface area (Å²) in [5.41, 5.74) is 1.05.